The van der Waals surface area contributed by atoms with Crippen molar-refractivity contribution in [1.29, 1.82) is 0 Å². The third-order valence-electron chi connectivity index (χ3n) is 5.31. The minimum atomic E-state index is -1.07. The fourth-order valence-electron chi connectivity index (χ4n) is 4.00. The van der Waals surface area contributed by atoms with E-state index in [1.165, 1.54) is 7.11 Å². The van der Waals surface area contributed by atoms with Crippen LogP contribution in [0.25, 0.3) is 0 Å². The highest BCUT2D eigenvalue weighted by Gasteiger charge is 2.54. The highest BCUT2D eigenvalue weighted by molar-refractivity contribution is 6.10. The third-order valence-corrected chi connectivity index (χ3v) is 5.31. The number of carbonyl (C=O) groups excluding carboxylic acids is 3. The number of urea groups is 1. The van der Waals surface area contributed by atoms with Crippen molar-refractivity contribution in [1.82, 2.24) is 10.2 Å². The van der Waals surface area contributed by atoms with Crippen molar-refractivity contribution in [3.8, 4) is 5.75 Å². The van der Waals surface area contributed by atoms with Crippen molar-refractivity contribution in [3.63, 3.8) is 0 Å². The lowest BCUT2D eigenvalue weighted by Gasteiger charge is -2.33. The Morgan fingerprint density at radius 3 is 2.86 bits per heavy atom. The number of imide groups is 1. The number of hydrogen-bond acceptors (Lipinski definition) is 4. The molecule has 0 radical (unpaired) electrons. The number of aryl methyl sites for hydroxylation is 1. The summed E-state index contributed by atoms with van der Waals surface area (Å²) < 4.78 is 5.13. The van der Waals surface area contributed by atoms with Crippen LogP contribution in [0.4, 0.5) is 10.5 Å². The van der Waals surface area contributed by atoms with E-state index in [9.17, 15) is 14.4 Å². The predicted octanol–water partition coefficient (Wildman–Crippen LogP) is 2.42. The van der Waals surface area contributed by atoms with Gasteiger partial charge in [0, 0.05) is 11.8 Å². The normalized spacial score (nSPS) is 20.7. The fourth-order valence-corrected chi connectivity index (χ4v) is 4.00. The van der Waals surface area contributed by atoms with Crippen LogP contribution < -0.4 is 15.4 Å². The Labute approximate surface area is 162 Å². The molecule has 1 heterocycles. The van der Waals surface area contributed by atoms with Gasteiger partial charge in [-0.05, 0) is 42.5 Å². The van der Waals surface area contributed by atoms with Gasteiger partial charge in [0.1, 0.15) is 17.8 Å². The minimum absolute atomic E-state index is 0.341. The zero-order valence-electron chi connectivity index (χ0n) is 15.5. The molecule has 28 heavy (non-hydrogen) atoms. The minimum Gasteiger partial charge on any atom is -0.497 e. The van der Waals surface area contributed by atoms with Gasteiger partial charge in [-0.2, -0.15) is 0 Å². The highest BCUT2D eigenvalue weighted by atomic mass is 16.5. The van der Waals surface area contributed by atoms with Crippen molar-refractivity contribution in [2.75, 3.05) is 19.0 Å². The maximum absolute atomic E-state index is 13.2. The Morgan fingerprint density at radius 1 is 1.21 bits per heavy atom. The average Bonchev–Trinajstić information content (AvgIpc) is 2.93. The van der Waals surface area contributed by atoms with Crippen LogP contribution in [0, 0.1) is 0 Å². The molecule has 0 bridgehead atoms. The van der Waals surface area contributed by atoms with E-state index in [0.717, 1.165) is 28.9 Å². The lowest BCUT2D eigenvalue weighted by atomic mass is 9.76. The van der Waals surface area contributed by atoms with Crippen molar-refractivity contribution in [2.45, 2.75) is 24.8 Å². The molecule has 0 aromatic heterocycles. The zero-order chi connectivity index (χ0) is 19.7. The van der Waals surface area contributed by atoms with E-state index in [-0.39, 0.29) is 12.5 Å². The van der Waals surface area contributed by atoms with Gasteiger partial charge >= 0.3 is 6.03 Å². The van der Waals surface area contributed by atoms with Crippen molar-refractivity contribution >= 4 is 23.5 Å². The van der Waals surface area contributed by atoms with Gasteiger partial charge in [-0.1, -0.05) is 30.3 Å². The first-order valence-electron chi connectivity index (χ1n) is 9.20. The number of benzene rings is 2. The molecule has 2 N–H and O–H groups in total. The first-order valence-corrected chi connectivity index (χ1v) is 9.20. The van der Waals surface area contributed by atoms with Crippen molar-refractivity contribution in [2.24, 2.45) is 0 Å². The second kappa shape index (κ2) is 6.99. The molecule has 0 unspecified atom stereocenters. The Hall–Kier alpha value is -3.35. The molecule has 2 aliphatic rings. The lowest BCUT2D eigenvalue weighted by Crippen LogP contribution is -2.47. The number of amides is 4. The van der Waals surface area contributed by atoms with E-state index in [1.54, 1.807) is 24.3 Å². The van der Waals surface area contributed by atoms with Crippen LogP contribution in [0.1, 0.15) is 24.0 Å². The number of nitrogens with one attached hydrogen (secondary N) is 2. The molecule has 4 rings (SSSR count). The molecular formula is C21H21N3O4. The maximum Gasteiger partial charge on any atom is 0.325 e. The van der Waals surface area contributed by atoms with Crippen LogP contribution in [0.3, 0.4) is 0 Å². The maximum atomic E-state index is 13.2. The van der Waals surface area contributed by atoms with E-state index < -0.39 is 17.5 Å². The summed E-state index contributed by atoms with van der Waals surface area (Å²) in [5.74, 6) is -0.214. The number of carbonyl (C=O) groups is 3. The van der Waals surface area contributed by atoms with Crippen LogP contribution >= 0.6 is 0 Å². The highest BCUT2D eigenvalue weighted by Crippen LogP contribution is 2.39. The summed E-state index contributed by atoms with van der Waals surface area (Å²) in [6.45, 7) is -0.341. The molecule has 2 aromatic rings. The van der Waals surface area contributed by atoms with Gasteiger partial charge in [0.25, 0.3) is 5.91 Å². The van der Waals surface area contributed by atoms with Gasteiger partial charge in [-0.15, -0.1) is 0 Å². The summed E-state index contributed by atoms with van der Waals surface area (Å²) >= 11 is 0. The van der Waals surface area contributed by atoms with Crippen molar-refractivity contribution in [3.05, 3.63) is 59.7 Å². The Kier molecular flexibility index (Phi) is 4.50. The second-order valence-corrected chi connectivity index (χ2v) is 7.02. The largest absolute Gasteiger partial charge is 0.497 e. The number of methoxy groups -OCH3 is 1. The molecule has 1 fully saturated rings. The zero-order valence-corrected chi connectivity index (χ0v) is 15.5. The summed E-state index contributed by atoms with van der Waals surface area (Å²) in [5.41, 5.74) is 1.36. The Balaban J connectivity index is 1.53. The van der Waals surface area contributed by atoms with Crippen molar-refractivity contribution < 1.29 is 19.1 Å². The summed E-state index contributed by atoms with van der Waals surface area (Å²) in [6, 6.07) is 14.0. The third kappa shape index (κ3) is 2.98. The van der Waals surface area contributed by atoms with E-state index in [4.69, 9.17) is 4.74 Å². The van der Waals surface area contributed by atoms with Crippen LogP contribution in [-0.4, -0.2) is 36.4 Å². The average molecular weight is 379 g/mol. The molecule has 1 atom stereocenters. The van der Waals surface area contributed by atoms with Crippen LogP contribution in [0.5, 0.6) is 5.75 Å². The standard InChI is InChI=1S/C21H21N3O4/c1-28-16-9-4-8-15(12-16)22-18(25)13-24-19(26)21(23-20(24)27)11-5-7-14-6-2-3-10-17(14)21/h2-4,6,8-10,12H,5,7,11,13H2,1H3,(H,22,25)(H,23,27)/t21-/m0/s1. The van der Waals surface area contributed by atoms with E-state index in [1.807, 2.05) is 24.3 Å². The number of hydrogen-bond donors (Lipinski definition) is 2. The molecule has 1 spiro atoms. The van der Waals surface area contributed by atoms with E-state index in [0.29, 0.717) is 17.9 Å². The van der Waals surface area contributed by atoms with Crippen LogP contribution in [0.2, 0.25) is 0 Å². The van der Waals surface area contributed by atoms with Crippen LogP contribution in [0.15, 0.2) is 48.5 Å². The Bertz CT molecular complexity index is 958. The van der Waals surface area contributed by atoms with Gasteiger partial charge in [-0.25, -0.2) is 4.79 Å². The molecule has 4 amide bonds. The molecule has 2 aromatic carbocycles. The topological polar surface area (TPSA) is 87.7 Å². The fraction of sp³-hybridized carbons (Fsp3) is 0.286. The van der Waals surface area contributed by atoms with E-state index >= 15 is 0 Å². The molecule has 7 heteroatoms. The summed E-state index contributed by atoms with van der Waals surface area (Å²) in [7, 11) is 1.54. The SMILES string of the molecule is COc1cccc(NC(=O)CN2C(=O)N[C@]3(CCCc4ccccc43)C2=O)c1. The Morgan fingerprint density at radius 2 is 2.04 bits per heavy atom. The molecule has 7 nitrogen and oxygen atoms in total. The smallest absolute Gasteiger partial charge is 0.325 e. The number of ether oxygens (including phenoxy) is 1. The monoisotopic (exact) mass is 379 g/mol. The molecule has 1 saturated heterocycles. The van der Waals surface area contributed by atoms with Gasteiger partial charge in [-0.3, -0.25) is 14.5 Å². The number of anilines is 1. The summed E-state index contributed by atoms with van der Waals surface area (Å²) in [6.07, 6.45) is 2.20. The van der Waals surface area contributed by atoms with Gasteiger partial charge in [0.05, 0.1) is 7.11 Å². The number of fused-ring (bicyclic) bond motifs is 2. The summed E-state index contributed by atoms with van der Waals surface area (Å²) in [4.78, 5) is 39.2. The van der Waals surface area contributed by atoms with Crippen LogP contribution in [-0.2, 0) is 21.5 Å². The first-order chi connectivity index (χ1) is 13.5. The number of rotatable bonds is 4. The van der Waals surface area contributed by atoms with Gasteiger partial charge in [0.15, 0.2) is 0 Å². The summed E-state index contributed by atoms with van der Waals surface area (Å²) in [5, 5.41) is 5.55. The lowest BCUT2D eigenvalue weighted by molar-refractivity contribution is -0.134. The molecule has 0 saturated carbocycles. The van der Waals surface area contributed by atoms with E-state index in [2.05, 4.69) is 10.6 Å². The quantitative estimate of drug-likeness (QED) is 0.799. The molecule has 1 aliphatic heterocycles. The number of nitrogens with zero attached hydrogens (tertiary/aromatic N) is 1. The predicted molar refractivity (Wildman–Crippen MR) is 103 cm³/mol. The van der Waals surface area contributed by atoms with Gasteiger partial charge in [0.2, 0.25) is 5.91 Å². The second-order valence-electron chi connectivity index (χ2n) is 7.02. The molecular weight excluding hydrogens is 358 g/mol. The molecule has 1 aliphatic carbocycles. The molecule has 144 valence electrons. The first kappa shape index (κ1) is 18.0. The van der Waals surface area contributed by atoms with Gasteiger partial charge < -0.3 is 15.4 Å².